The second-order valence-electron chi connectivity index (χ2n) is 6.35. The SMILES string of the molecule is CCN(CC)C[C@@H](O)c1cc(-c2ccccc2)nc2ccc(OC)cc12. The van der Waals surface area contributed by atoms with Crippen molar-refractivity contribution in [3.05, 3.63) is 60.2 Å². The van der Waals surface area contributed by atoms with Crippen molar-refractivity contribution in [3.63, 3.8) is 0 Å². The Bertz CT molecular complexity index is 861. The lowest BCUT2D eigenvalue weighted by atomic mass is 9.99. The highest BCUT2D eigenvalue weighted by Gasteiger charge is 2.17. The maximum Gasteiger partial charge on any atom is 0.119 e. The third-order valence-electron chi connectivity index (χ3n) is 4.80. The van der Waals surface area contributed by atoms with Crippen molar-refractivity contribution in [2.24, 2.45) is 0 Å². The Morgan fingerprint density at radius 3 is 2.42 bits per heavy atom. The number of pyridine rings is 1. The van der Waals surface area contributed by atoms with Crippen LogP contribution in [0.15, 0.2) is 54.6 Å². The molecule has 0 saturated carbocycles. The summed E-state index contributed by atoms with van der Waals surface area (Å²) >= 11 is 0. The third-order valence-corrected chi connectivity index (χ3v) is 4.80. The van der Waals surface area contributed by atoms with Gasteiger partial charge in [-0.3, -0.25) is 0 Å². The van der Waals surface area contributed by atoms with Gasteiger partial charge < -0.3 is 14.7 Å². The summed E-state index contributed by atoms with van der Waals surface area (Å²) in [4.78, 5) is 7.02. The topological polar surface area (TPSA) is 45.6 Å². The smallest absolute Gasteiger partial charge is 0.119 e. The molecule has 1 heterocycles. The molecule has 1 N–H and O–H groups in total. The van der Waals surface area contributed by atoms with Crippen molar-refractivity contribution in [2.45, 2.75) is 20.0 Å². The number of aliphatic hydroxyl groups excluding tert-OH is 1. The second kappa shape index (κ2) is 8.30. The molecule has 0 radical (unpaired) electrons. The van der Waals surface area contributed by atoms with Crippen LogP contribution in [0.2, 0.25) is 0 Å². The fraction of sp³-hybridized carbons (Fsp3) is 0.318. The van der Waals surface area contributed by atoms with Crippen LogP contribution in [-0.2, 0) is 0 Å². The molecule has 4 nitrogen and oxygen atoms in total. The molecule has 0 spiro atoms. The van der Waals surface area contributed by atoms with Crippen LogP contribution in [0.25, 0.3) is 22.2 Å². The molecule has 0 saturated heterocycles. The maximum atomic E-state index is 11.0. The lowest BCUT2D eigenvalue weighted by Gasteiger charge is -2.23. The van der Waals surface area contributed by atoms with E-state index in [1.807, 2.05) is 54.6 Å². The van der Waals surface area contributed by atoms with Gasteiger partial charge in [0.15, 0.2) is 0 Å². The standard InChI is InChI=1S/C22H26N2O2/c1-4-24(5-2)15-22(25)19-14-21(16-9-7-6-8-10-16)23-20-12-11-17(26-3)13-18(19)20/h6-14,22,25H,4-5,15H2,1-3H3/t22-/m1/s1. The number of nitrogens with zero attached hydrogens (tertiary/aromatic N) is 2. The summed E-state index contributed by atoms with van der Waals surface area (Å²) in [6.07, 6.45) is -0.588. The average Bonchev–Trinajstić information content (AvgIpc) is 2.71. The van der Waals surface area contributed by atoms with Gasteiger partial charge in [-0.2, -0.15) is 0 Å². The quantitative estimate of drug-likeness (QED) is 0.691. The first-order valence-electron chi connectivity index (χ1n) is 9.10. The molecule has 0 aliphatic rings. The summed E-state index contributed by atoms with van der Waals surface area (Å²) < 4.78 is 5.38. The minimum Gasteiger partial charge on any atom is -0.497 e. The molecule has 3 rings (SSSR count). The van der Waals surface area contributed by atoms with E-state index in [0.717, 1.165) is 46.6 Å². The van der Waals surface area contributed by atoms with E-state index >= 15 is 0 Å². The van der Waals surface area contributed by atoms with E-state index in [1.54, 1.807) is 7.11 Å². The molecule has 1 atom stereocenters. The Hall–Kier alpha value is -2.43. The first-order valence-corrected chi connectivity index (χ1v) is 9.10. The normalized spacial score (nSPS) is 12.5. The molecule has 0 bridgehead atoms. The van der Waals surface area contributed by atoms with E-state index in [0.29, 0.717) is 6.54 Å². The molecule has 3 aromatic rings. The monoisotopic (exact) mass is 350 g/mol. The highest BCUT2D eigenvalue weighted by atomic mass is 16.5. The number of ether oxygens (including phenoxy) is 1. The van der Waals surface area contributed by atoms with Gasteiger partial charge in [-0.1, -0.05) is 44.2 Å². The number of rotatable bonds is 7. The van der Waals surface area contributed by atoms with Gasteiger partial charge in [-0.25, -0.2) is 4.98 Å². The average molecular weight is 350 g/mol. The van der Waals surface area contributed by atoms with E-state index in [4.69, 9.17) is 9.72 Å². The van der Waals surface area contributed by atoms with Gasteiger partial charge >= 0.3 is 0 Å². The molecule has 0 fully saturated rings. The molecule has 26 heavy (non-hydrogen) atoms. The zero-order valence-corrected chi connectivity index (χ0v) is 15.6. The molecule has 1 aromatic heterocycles. The van der Waals surface area contributed by atoms with Crippen molar-refractivity contribution in [2.75, 3.05) is 26.7 Å². The van der Waals surface area contributed by atoms with Crippen molar-refractivity contribution in [3.8, 4) is 17.0 Å². The van der Waals surface area contributed by atoms with Crippen LogP contribution < -0.4 is 4.74 Å². The lowest BCUT2D eigenvalue weighted by molar-refractivity contribution is 0.120. The van der Waals surface area contributed by atoms with E-state index < -0.39 is 6.10 Å². The van der Waals surface area contributed by atoms with Crippen LogP contribution in [-0.4, -0.2) is 41.7 Å². The van der Waals surface area contributed by atoms with Crippen LogP contribution in [0.5, 0.6) is 5.75 Å². The molecule has 0 aliphatic carbocycles. The molecule has 0 unspecified atom stereocenters. The summed E-state index contributed by atoms with van der Waals surface area (Å²) in [5, 5.41) is 11.9. The fourth-order valence-corrected chi connectivity index (χ4v) is 3.22. The number of methoxy groups -OCH3 is 1. The summed E-state index contributed by atoms with van der Waals surface area (Å²) in [6.45, 7) is 6.63. The largest absolute Gasteiger partial charge is 0.497 e. The minimum atomic E-state index is -0.588. The zero-order valence-electron chi connectivity index (χ0n) is 15.6. The summed E-state index contributed by atoms with van der Waals surface area (Å²) in [5.41, 5.74) is 3.67. The van der Waals surface area contributed by atoms with E-state index in [1.165, 1.54) is 0 Å². The molecule has 2 aromatic carbocycles. The molecule has 0 amide bonds. The predicted octanol–water partition coefficient (Wildman–Crippen LogP) is 4.29. The highest BCUT2D eigenvalue weighted by molar-refractivity contribution is 5.86. The van der Waals surface area contributed by atoms with Gasteiger partial charge in [0.1, 0.15) is 5.75 Å². The third kappa shape index (κ3) is 3.87. The zero-order chi connectivity index (χ0) is 18.5. The first kappa shape index (κ1) is 18.4. The second-order valence-corrected chi connectivity index (χ2v) is 6.35. The van der Waals surface area contributed by atoms with Gasteiger partial charge in [0, 0.05) is 17.5 Å². The van der Waals surface area contributed by atoms with Gasteiger partial charge in [0.2, 0.25) is 0 Å². The van der Waals surface area contributed by atoms with Crippen LogP contribution in [0, 0.1) is 0 Å². The van der Waals surface area contributed by atoms with Crippen molar-refractivity contribution < 1.29 is 9.84 Å². The molecule has 4 heteroatoms. The first-order chi connectivity index (χ1) is 12.7. The van der Waals surface area contributed by atoms with Gasteiger partial charge in [0.25, 0.3) is 0 Å². The minimum absolute atomic E-state index is 0.588. The molecule has 136 valence electrons. The van der Waals surface area contributed by atoms with Crippen molar-refractivity contribution >= 4 is 10.9 Å². The lowest BCUT2D eigenvalue weighted by Crippen LogP contribution is -2.28. The van der Waals surface area contributed by atoms with Crippen molar-refractivity contribution in [1.29, 1.82) is 0 Å². The summed E-state index contributed by atoms with van der Waals surface area (Å²) in [7, 11) is 1.65. The molecular weight excluding hydrogens is 324 g/mol. The van der Waals surface area contributed by atoms with Crippen LogP contribution in [0.3, 0.4) is 0 Å². The van der Waals surface area contributed by atoms with E-state index in [9.17, 15) is 5.11 Å². The Kier molecular flexibility index (Phi) is 5.86. The van der Waals surface area contributed by atoms with Gasteiger partial charge in [-0.05, 0) is 42.9 Å². The molecule has 0 aliphatic heterocycles. The maximum absolute atomic E-state index is 11.0. The van der Waals surface area contributed by atoms with E-state index in [-0.39, 0.29) is 0 Å². The van der Waals surface area contributed by atoms with Crippen LogP contribution in [0.1, 0.15) is 25.5 Å². The highest BCUT2D eigenvalue weighted by Crippen LogP contribution is 2.31. The summed E-state index contributed by atoms with van der Waals surface area (Å²) in [6, 6.07) is 17.9. The Morgan fingerprint density at radius 1 is 1.04 bits per heavy atom. The van der Waals surface area contributed by atoms with Crippen LogP contribution in [0.4, 0.5) is 0 Å². The van der Waals surface area contributed by atoms with Gasteiger partial charge in [0.05, 0.1) is 24.4 Å². The number of aromatic nitrogens is 1. The summed E-state index contributed by atoms with van der Waals surface area (Å²) in [5.74, 6) is 0.767. The number of hydrogen-bond acceptors (Lipinski definition) is 4. The molecular formula is C22H26N2O2. The number of fused-ring (bicyclic) bond motifs is 1. The number of benzene rings is 2. The van der Waals surface area contributed by atoms with Crippen LogP contribution >= 0.6 is 0 Å². The van der Waals surface area contributed by atoms with Gasteiger partial charge in [-0.15, -0.1) is 0 Å². The predicted molar refractivity (Wildman–Crippen MR) is 106 cm³/mol. The number of aliphatic hydroxyl groups is 1. The Balaban J connectivity index is 2.13. The Morgan fingerprint density at radius 2 is 1.77 bits per heavy atom. The van der Waals surface area contributed by atoms with Crippen molar-refractivity contribution in [1.82, 2.24) is 9.88 Å². The van der Waals surface area contributed by atoms with E-state index in [2.05, 4.69) is 18.7 Å². The number of likely N-dealkylation sites (N-methyl/N-ethyl adjacent to an activating group) is 1. The number of hydrogen-bond donors (Lipinski definition) is 1. The fourth-order valence-electron chi connectivity index (χ4n) is 3.22. The Labute approximate surface area is 155 Å².